The Morgan fingerprint density at radius 3 is 2.12 bits per heavy atom. The predicted octanol–water partition coefficient (Wildman–Crippen LogP) is 6.21. The van der Waals surface area contributed by atoms with E-state index in [4.69, 9.17) is 39.5 Å². The fourth-order valence-corrected chi connectivity index (χ4v) is 6.35. The molecule has 0 aromatic heterocycles. The van der Waals surface area contributed by atoms with Gasteiger partial charge in [0.1, 0.15) is 0 Å². The first-order valence-electron chi connectivity index (χ1n) is 10.6. The highest BCUT2D eigenvalue weighted by Crippen LogP contribution is 2.33. The van der Waals surface area contributed by atoms with Crippen LogP contribution in [0.25, 0.3) is 0 Å². The molecule has 9 heteroatoms. The number of hydrogen-bond donors (Lipinski definition) is 0. The van der Waals surface area contributed by atoms with Gasteiger partial charge in [-0.15, -0.1) is 0 Å². The van der Waals surface area contributed by atoms with Crippen molar-refractivity contribution in [1.82, 2.24) is 4.31 Å². The van der Waals surface area contributed by atoms with Crippen LogP contribution in [-0.2, 0) is 26.1 Å². The number of halogens is 3. The lowest BCUT2D eigenvalue weighted by Crippen LogP contribution is -2.37. The molecule has 0 spiro atoms. The average molecular weight is 519 g/mol. The van der Waals surface area contributed by atoms with Crippen molar-refractivity contribution < 1.29 is 17.9 Å². The number of carbonyl (C=O) groups is 1. The molecule has 0 saturated heterocycles. The normalized spacial score (nSPS) is 19.2. The molecule has 0 atom stereocenters. The van der Waals surface area contributed by atoms with Gasteiger partial charge in [0, 0.05) is 28.2 Å². The van der Waals surface area contributed by atoms with Gasteiger partial charge >= 0.3 is 5.97 Å². The second-order valence-corrected chi connectivity index (χ2v) is 11.2. The van der Waals surface area contributed by atoms with Crippen molar-refractivity contribution in [2.75, 3.05) is 13.2 Å². The third-order valence-corrected chi connectivity index (χ3v) is 8.15. The van der Waals surface area contributed by atoms with Crippen LogP contribution in [0.3, 0.4) is 0 Å². The Hall–Kier alpha value is -1.31. The molecule has 32 heavy (non-hydrogen) atoms. The number of rotatable bonds is 8. The molecule has 5 nitrogen and oxygen atoms in total. The van der Waals surface area contributed by atoms with Crippen molar-refractivity contribution in [2.45, 2.75) is 44.0 Å². The summed E-state index contributed by atoms with van der Waals surface area (Å²) >= 11 is 18.1. The summed E-state index contributed by atoms with van der Waals surface area (Å²) in [4.78, 5) is 12.1. The Morgan fingerprint density at radius 2 is 1.56 bits per heavy atom. The summed E-state index contributed by atoms with van der Waals surface area (Å²) in [5, 5.41) is 1.11. The first-order chi connectivity index (χ1) is 15.2. The number of esters is 1. The monoisotopic (exact) mass is 517 g/mol. The zero-order chi connectivity index (χ0) is 23.3. The molecular formula is C23H26Cl3NO4S. The van der Waals surface area contributed by atoms with Crippen molar-refractivity contribution in [3.63, 3.8) is 0 Å². The third kappa shape index (κ3) is 6.61. The Balaban J connectivity index is 1.81. The second-order valence-electron chi connectivity index (χ2n) is 8.00. The largest absolute Gasteiger partial charge is 0.466 e. The molecule has 1 fully saturated rings. The number of nitrogens with zero attached hydrogens (tertiary/aromatic N) is 1. The van der Waals surface area contributed by atoms with E-state index in [0.29, 0.717) is 31.0 Å². The maximum Gasteiger partial charge on any atom is 0.308 e. The van der Waals surface area contributed by atoms with E-state index >= 15 is 0 Å². The van der Waals surface area contributed by atoms with Crippen molar-refractivity contribution >= 4 is 50.8 Å². The molecule has 1 saturated carbocycles. The molecule has 0 heterocycles. The van der Waals surface area contributed by atoms with E-state index in [1.54, 1.807) is 19.1 Å². The minimum Gasteiger partial charge on any atom is -0.466 e. The van der Waals surface area contributed by atoms with Gasteiger partial charge in [0.15, 0.2) is 0 Å². The second kappa shape index (κ2) is 11.2. The van der Waals surface area contributed by atoms with Gasteiger partial charge in [-0.3, -0.25) is 4.79 Å². The molecule has 0 N–H and O–H groups in total. The quantitative estimate of drug-likeness (QED) is 0.390. The number of benzene rings is 2. The Labute approximate surface area is 204 Å². The zero-order valence-electron chi connectivity index (χ0n) is 17.8. The smallest absolute Gasteiger partial charge is 0.308 e. The zero-order valence-corrected chi connectivity index (χ0v) is 20.9. The molecule has 0 radical (unpaired) electrons. The van der Waals surface area contributed by atoms with Crippen molar-refractivity contribution in [3.8, 4) is 0 Å². The summed E-state index contributed by atoms with van der Waals surface area (Å²) in [6.45, 7) is 2.70. The van der Waals surface area contributed by atoms with Crippen LogP contribution in [0.5, 0.6) is 0 Å². The van der Waals surface area contributed by atoms with Crippen LogP contribution in [0, 0.1) is 11.8 Å². The SMILES string of the molecule is CCOC(=O)C1CCC(CN(Cc2ccc(Cl)cc2)S(=O)(=O)c2cc(Cl)cc(Cl)c2)CC1. The first-order valence-corrected chi connectivity index (χ1v) is 13.1. The lowest BCUT2D eigenvalue weighted by molar-refractivity contribution is -0.149. The van der Waals surface area contributed by atoms with Crippen LogP contribution in [0.2, 0.25) is 15.1 Å². The minimum absolute atomic E-state index is 0.0594. The molecule has 1 aliphatic rings. The standard InChI is InChI=1S/C23H26Cl3NO4S/c1-2-31-23(28)18-7-3-16(4-8-18)14-27(15-17-5-9-19(24)10-6-17)32(29,30)22-12-20(25)11-21(26)13-22/h5-6,9-13,16,18H,2-4,7-8,14-15H2,1H3. The summed E-state index contributed by atoms with van der Waals surface area (Å²) < 4.78 is 33.7. The summed E-state index contributed by atoms with van der Waals surface area (Å²) in [6, 6.07) is 11.4. The van der Waals surface area contributed by atoms with Crippen LogP contribution < -0.4 is 0 Å². The Bertz CT molecular complexity index is 1020. The van der Waals surface area contributed by atoms with Crippen LogP contribution in [0.1, 0.15) is 38.2 Å². The molecule has 174 valence electrons. The van der Waals surface area contributed by atoms with Crippen LogP contribution >= 0.6 is 34.8 Å². The summed E-state index contributed by atoms with van der Waals surface area (Å²) in [7, 11) is -3.85. The van der Waals surface area contributed by atoms with E-state index in [0.717, 1.165) is 18.4 Å². The van der Waals surface area contributed by atoms with Gasteiger partial charge < -0.3 is 4.74 Å². The van der Waals surface area contributed by atoms with Crippen molar-refractivity contribution in [3.05, 3.63) is 63.1 Å². The number of carbonyl (C=O) groups excluding carboxylic acids is 1. The molecule has 2 aromatic carbocycles. The van der Waals surface area contributed by atoms with Gasteiger partial charge in [0.2, 0.25) is 10.0 Å². The molecule has 0 aliphatic heterocycles. The topological polar surface area (TPSA) is 63.7 Å². The van der Waals surface area contributed by atoms with Crippen LogP contribution in [0.15, 0.2) is 47.4 Å². The minimum atomic E-state index is -3.85. The predicted molar refractivity (Wildman–Crippen MR) is 128 cm³/mol. The maximum atomic E-state index is 13.5. The van der Waals surface area contributed by atoms with Gasteiger partial charge in [-0.1, -0.05) is 46.9 Å². The van der Waals surface area contributed by atoms with E-state index in [-0.39, 0.29) is 39.3 Å². The van der Waals surface area contributed by atoms with E-state index in [9.17, 15) is 13.2 Å². The van der Waals surface area contributed by atoms with Crippen LogP contribution in [0.4, 0.5) is 0 Å². The molecular weight excluding hydrogens is 493 g/mol. The lowest BCUT2D eigenvalue weighted by atomic mass is 9.82. The number of sulfonamides is 1. The van der Waals surface area contributed by atoms with Gasteiger partial charge in [0.25, 0.3) is 0 Å². The van der Waals surface area contributed by atoms with E-state index in [1.807, 2.05) is 12.1 Å². The van der Waals surface area contributed by atoms with E-state index < -0.39 is 10.0 Å². The molecule has 0 amide bonds. The molecule has 0 bridgehead atoms. The average Bonchev–Trinajstić information content (AvgIpc) is 2.74. The Kier molecular flexibility index (Phi) is 8.87. The summed E-state index contributed by atoms with van der Waals surface area (Å²) in [6.07, 6.45) is 2.90. The van der Waals surface area contributed by atoms with Crippen molar-refractivity contribution in [2.24, 2.45) is 11.8 Å². The number of ether oxygens (including phenoxy) is 1. The van der Waals surface area contributed by atoms with Gasteiger partial charge in [-0.05, 0) is 74.4 Å². The summed E-state index contributed by atoms with van der Waals surface area (Å²) in [5.74, 6) is -0.137. The first kappa shape index (κ1) is 25.3. The molecule has 2 aromatic rings. The third-order valence-electron chi connectivity index (χ3n) is 5.67. The highest BCUT2D eigenvalue weighted by Gasteiger charge is 2.32. The highest BCUT2D eigenvalue weighted by atomic mass is 35.5. The highest BCUT2D eigenvalue weighted by molar-refractivity contribution is 7.89. The fourth-order valence-electron chi connectivity index (χ4n) is 4.00. The van der Waals surface area contributed by atoms with Gasteiger partial charge in [-0.2, -0.15) is 4.31 Å². The molecule has 0 unspecified atom stereocenters. The van der Waals surface area contributed by atoms with Gasteiger partial charge in [0.05, 0.1) is 17.4 Å². The van der Waals surface area contributed by atoms with Crippen LogP contribution in [-0.4, -0.2) is 31.8 Å². The van der Waals surface area contributed by atoms with Crippen molar-refractivity contribution in [1.29, 1.82) is 0 Å². The van der Waals surface area contributed by atoms with Gasteiger partial charge in [-0.25, -0.2) is 8.42 Å². The lowest BCUT2D eigenvalue weighted by Gasteiger charge is -2.31. The number of hydrogen-bond acceptors (Lipinski definition) is 4. The Morgan fingerprint density at radius 1 is 0.969 bits per heavy atom. The van der Waals surface area contributed by atoms with E-state index in [1.165, 1.54) is 22.5 Å². The molecule has 3 rings (SSSR count). The van der Waals surface area contributed by atoms with E-state index in [2.05, 4.69) is 0 Å². The fraction of sp³-hybridized carbons (Fsp3) is 0.435. The molecule has 1 aliphatic carbocycles. The maximum absolute atomic E-state index is 13.5. The summed E-state index contributed by atoms with van der Waals surface area (Å²) in [5.41, 5.74) is 0.825.